The van der Waals surface area contributed by atoms with Gasteiger partial charge in [-0.3, -0.25) is 4.79 Å². The quantitative estimate of drug-likeness (QED) is 0.280. The van der Waals surface area contributed by atoms with Gasteiger partial charge in [0.1, 0.15) is 5.25 Å². The van der Waals surface area contributed by atoms with Gasteiger partial charge in [-0.25, -0.2) is 9.78 Å². The minimum atomic E-state index is -0.466. The van der Waals surface area contributed by atoms with Gasteiger partial charge in [0.2, 0.25) is 5.91 Å². The summed E-state index contributed by atoms with van der Waals surface area (Å²) in [7, 11) is 0. The Morgan fingerprint density at radius 1 is 1.00 bits per heavy atom. The van der Waals surface area contributed by atoms with Crippen LogP contribution in [0.15, 0.2) is 83.2 Å². The molecule has 1 amide bonds. The first kappa shape index (κ1) is 21.1. The molecule has 156 valence electrons. The Hall–Kier alpha value is -3.16. The zero-order chi connectivity index (χ0) is 21.6. The minimum Gasteiger partial charge on any atom is -0.462 e. The van der Waals surface area contributed by atoms with Crippen LogP contribution in [0.25, 0.3) is 10.2 Å². The Bertz CT molecular complexity index is 1160. The van der Waals surface area contributed by atoms with Crippen LogP contribution in [-0.2, 0) is 9.53 Å². The number of fused-ring (bicyclic) bond motifs is 1. The second kappa shape index (κ2) is 9.76. The molecule has 0 radical (unpaired) electrons. The van der Waals surface area contributed by atoms with Gasteiger partial charge in [-0.1, -0.05) is 54.2 Å². The third-order valence-corrected chi connectivity index (χ3v) is 6.88. The van der Waals surface area contributed by atoms with Crippen molar-refractivity contribution < 1.29 is 14.3 Å². The number of carbonyl (C=O) groups excluding carboxylic acids is 2. The van der Waals surface area contributed by atoms with E-state index < -0.39 is 5.25 Å². The normalized spacial score (nSPS) is 11.8. The van der Waals surface area contributed by atoms with Crippen molar-refractivity contribution in [3.8, 4) is 0 Å². The molecule has 1 aromatic heterocycles. The molecule has 0 aliphatic carbocycles. The molecule has 0 unspecified atom stereocenters. The van der Waals surface area contributed by atoms with E-state index in [1.165, 1.54) is 11.8 Å². The molecular weight excluding hydrogens is 428 g/mol. The lowest BCUT2D eigenvalue weighted by molar-refractivity contribution is -0.115. The molecule has 1 heterocycles. The van der Waals surface area contributed by atoms with Crippen LogP contribution in [0.4, 0.5) is 5.69 Å². The summed E-state index contributed by atoms with van der Waals surface area (Å²) >= 11 is 3.01. The number of rotatable bonds is 7. The average molecular weight is 449 g/mol. The van der Waals surface area contributed by atoms with E-state index in [0.717, 1.165) is 20.1 Å². The molecule has 0 aliphatic heterocycles. The monoisotopic (exact) mass is 448 g/mol. The summed E-state index contributed by atoms with van der Waals surface area (Å²) in [4.78, 5) is 29.7. The zero-order valence-corrected chi connectivity index (χ0v) is 18.4. The van der Waals surface area contributed by atoms with Crippen molar-refractivity contribution in [1.29, 1.82) is 0 Å². The highest BCUT2D eigenvalue weighted by molar-refractivity contribution is 8.02. The van der Waals surface area contributed by atoms with E-state index in [1.54, 1.807) is 42.5 Å². The predicted octanol–water partition coefficient (Wildman–Crippen LogP) is 5.95. The molecule has 7 heteroatoms. The van der Waals surface area contributed by atoms with E-state index in [-0.39, 0.29) is 11.9 Å². The van der Waals surface area contributed by atoms with Crippen LogP contribution in [0.5, 0.6) is 0 Å². The van der Waals surface area contributed by atoms with Crippen molar-refractivity contribution in [2.45, 2.75) is 16.5 Å². The number of hydrogen-bond acceptors (Lipinski definition) is 6. The van der Waals surface area contributed by atoms with E-state index in [9.17, 15) is 9.59 Å². The molecule has 1 atom stereocenters. The zero-order valence-electron chi connectivity index (χ0n) is 16.8. The lowest BCUT2D eigenvalue weighted by Crippen LogP contribution is -2.19. The van der Waals surface area contributed by atoms with Gasteiger partial charge in [-0.05, 0) is 48.9 Å². The van der Waals surface area contributed by atoms with Crippen molar-refractivity contribution in [2.24, 2.45) is 0 Å². The smallest absolute Gasteiger partial charge is 0.338 e. The van der Waals surface area contributed by atoms with Crippen LogP contribution in [0, 0.1) is 0 Å². The molecule has 3 aromatic carbocycles. The lowest BCUT2D eigenvalue weighted by atomic mass is 10.1. The molecule has 4 rings (SSSR count). The molecule has 31 heavy (non-hydrogen) atoms. The fourth-order valence-corrected chi connectivity index (χ4v) is 5.27. The van der Waals surface area contributed by atoms with Crippen LogP contribution in [0.2, 0.25) is 0 Å². The van der Waals surface area contributed by atoms with Crippen LogP contribution in [-0.4, -0.2) is 23.5 Å². The molecule has 1 N–H and O–H groups in total. The van der Waals surface area contributed by atoms with Gasteiger partial charge in [-0.15, -0.1) is 11.3 Å². The number of nitrogens with zero attached hydrogens (tertiary/aromatic N) is 1. The summed E-state index contributed by atoms with van der Waals surface area (Å²) in [6.45, 7) is 2.08. The highest BCUT2D eigenvalue weighted by Crippen LogP contribution is 2.39. The number of aromatic nitrogens is 1. The topological polar surface area (TPSA) is 68.3 Å². The Labute approximate surface area is 188 Å². The van der Waals surface area contributed by atoms with Crippen molar-refractivity contribution >= 4 is 50.9 Å². The lowest BCUT2D eigenvalue weighted by Gasteiger charge is -2.16. The molecule has 0 fully saturated rings. The van der Waals surface area contributed by atoms with Crippen molar-refractivity contribution in [2.75, 3.05) is 11.9 Å². The Kier molecular flexibility index (Phi) is 6.64. The minimum absolute atomic E-state index is 0.153. The summed E-state index contributed by atoms with van der Waals surface area (Å²) in [5.41, 5.74) is 2.89. The number of esters is 1. The Balaban J connectivity index is 1.55. The number of ether oxygens (including phenoxy) is 1. The maximum absolute atomic E-state index is 13.2. The highest BCUT2D eigenvalue weighted by Gasteiger charge is 2.24. The van der Waals surface area contributed by atoms with Gasteiger partial charge in [-0.2, -0.15) is 0 Å². The summed E-state index contributed by atoms with van der Waals surface area (Å²) in [6.07, 6.45) is 0. The van der Waals surface area contributed by atoms with Gasteiger partial charge < -0.3 is 10.1 Å². The molecule has 5 nitrogen and oxygen atoms in total. The van der Waals surface area contributed by atoms with E-state index >= 15 is 0 Å². The first-order valence-corrected chi connectivity index (χ1v) is 11.5. The van der Waals surface area contributed by atoms with Crippen molar-refractivity contribution in [3.05, 3.63) is 90.0 Å². The number of thioether (sulfide) groups is 1. The number of benzene rings is 3. The molecule has 0 aliphatic rings. The van der Waals surface area contributed by atoms with Crippen LogP contribution < -0.4 is 5.32 Å². The highest BCUT2D eigenvalue weighted by atomic mass is 32.2. The van der Waals surface area contributed by atoms with Gasteiger partial charge in [0, 0.05) is 5.69 Å². The SMILES string of the molecule is CCOC(=O)c1ccc(NC(=O)[C@H](Sc2nc3ccccc3s2)c2ccccc2)cc1. The first-order valence-electron chi connectivity index (χ1n) is 9.79. The molecular formula is C24H20N2O3S2. The number of anilines is 1. The third-order valence-electron chi connectivity index (χ3n) is 4.50. The van der Waals surface area contributed by atoms with Gasteiger partial charge >= 0.3 is 5.97 Å². The van der Waals surface area contributed by atoms with Gasteiger partial charge in [0.15, 0.2) is 4.34 Å². The maximum Gasteiger partial charge on any atom is 0.338 e. The fourth-order valence-electron chi connectivity index (χ4n) is 3.01. The number of amides is 1. The number of nitrogens with one attached hydrogen (secondary N) is 1. The molecule has 0 saturated carbocycles. The summed E-state index contributed by atoms with van der Waals surface area (Å²) in [5, 5.41) is 2.49. The third kappa shape index (κ3) is 5.13. The van der Waals surface area contributed by atoms with Crippen LogP contribution >= 0.6 is 23.1 Å². The number of para-hydroxylation sites is 1. The number of carbonyl (C=O) groups is 2. The predicted molar refractivity (Wildman–Crippen MR) is 126 cm³/mol. The van der Waals surface area contributed by atoms with Gasteiger partial charge in [0.25, 0.3) is 0 Å². The first-order chi connectivity index (χ1) is 15.1. The second-order valence-corrected chi connectivity index (χ2v) is 9.03. The van der Waals surface area contributed by atoms with E-state index in [4.69, 9.17) is 4.74 Å². The Morgan fingerprint density at radius 2 is 1.71 bits per heavy atom. The largest absolute Gasteiger partial charge is 0.462 e. The molecule has 0 spiro atoms. The van der Waals surface area contributed by atoms with Gasteiger partial charge in [0.05, 0.1) is 22.4 Å². The van der Waals surface area contributed by atoms with Crippen LogP contribution in [0.3, 0.4) is 0 Å². The standard InChI is InChI=1S/C24H20N2O3S2/c1-2-29-23(28)17-12-14-18(15-13-17)25-22(27)21(16-8-4-3-5-9-16)31-24-26-19-10-6-7-11-20(19)30-24/h3-15,21H,2H2,1H3,(H,25,27)/t21-/m1/s1. The summed E-state index contributed by atoms with van der Waals surface area (Å²) < 4.78 is 6.93. The molecule has 0 bridgehead atoms. The number of hydrogen-bond donors (Lipinski definition) is 1. The van der Waals surface area contributed by atoms with E-state index in [2.05, 4.69) is 10.3 Å². The summed E-state index contributed by atoms with van der Waals surface area (Å²) in [5.74, 6) is -0.534. The van der Waals surface area contributed by atoms with E-state index in [1.807, 2.05) is 54.6 Å². The maximum atomic E-state index is 13.2. The fraction of sp³-hybridized carbons (Fsp3) is 0.125. The van der Waals surface area contributed by atoms with Crippen LogP contribution in [0.1, 0.15) is 28.1 Å². The van der Waals surface area contributed by atoms with Crippen molar-refractivity contribution in [1.82, 2.24) is 4.98 Å². The molecule has 4 aromatic rings. The summed E-state index contributed by atoms with van der Waals surface area (Å²) in [6, 6.07) is 24.3. The Morgan fingerprint density at radius 3 is 2.42 bits per heavy atom. The number of thiazole rings is 1. The second-order valence-electron chi connectivity index (χ2n) is 6.64. The van der Waals surface area contributed by atoms with Crippen molar-refractivity contribution in [3.63, 3.8) is 0 Å². The van der Waals surface area contributed by atoms with E-state index in [0.29, 0.717) is 17.9 Å². The average Bonchev–Trinajstić information content (AvgIpc) is 3.21. The molecule has 0 saturated heterocycles.